The van der Waals surface area contributed by atoms with Gasteiger partial charge in [0.15, 0.2) is 0 Å². The number of aromatic nitrogens is 2. The molecule has 0 spiro atoms. The van der Waals surface area contributed by atoms with Crippen molar-refractivity contribution in [3.63, 3.8) is 0 Å². The van der Waals surface area contributed by atoms with Crippen LogP contribution >= 0.6 is 0 Å². The molecule has 1 aliphatic rings. The molecule has 0 saturated heterocycles. The normalized spacial score (nSPS) is 12.6. The summed E-state index contributed by atoms with van der Waals surface area (Å²) in [6.07, 6.45) is 5.76. The molecule has 150 valence electrons. The lowest BCUT2D eigenvalue weighted by Crippen LogP contribution is -2.00. The van der Waals surface area contributed by atoms with E-state index < -0.39 is 0 Å². The Balaban J connectivity index is 0.00000117. The van der Waals surface area contributed by atoms with E-state index in [-0.39, 0.29) is 0 Å². The number of imidazole rings is 1. The van der Waals surface area contributed by atoms with Gasteiger partial charge in [0.1, 0.15) is 17.3 Å². The molecule has 0 bridgehead atoms. The molecule has 0 unspecified atom stereocenters. The molecule has 0 aliphatic heterocycles. The summed E-state index contributed by atoms with van der Waals surface area (Å²) in [4.78, 5) is 4.78. The summed E-state index contributed by atoms with van der Waals surface area (Å²) in [5, 5.41) is 11.6. The highest BCUT2D eigenvalue weighted by atomic mass is 15.2. The van der Waals surface area contributed by atoms with Gasteiger partial charge in [-0.3, -0.25) is 4.57 Å². The van der Waals surface area contributed by atoms with E-state index in [1.807, 2.05) is 76.4 Å². The van der Waals surface area contributed by atoms with Gasteiger partial charge in [-0.2, -0.15) is 0 Å². The van der Waals surface area contributed by atoms with Crippen molar-refractivity contribution in [2.45, 2.75) is 40.5 Å². The zero-order valence-electron chi connectivity index (χ0n) is 17.6. The van der Waals surface area contributed by atoms with Crippen LogP contribution in [0.15, 0.2) is 48.5 Å². The maximum Gasteiger partial charge on any atom is 0.143 e. The van der Waals surface area contributed by atoms with Gasteiger partial charge in [0.2, 0.25) is 0 Å². The van der Waals surface area contributed by atoms with Gasteiger partial charge < -0.3 is 16.5 Å². The quantitative estimate of drug-likeness (QED) is 0.479. The van der Waals surface area contributed by atoms with Gasteiger partial charge in [-0.1, -0.05) is 38.1 Å². The summed E-state index contributed by atoms with van der Waals surface area (Å²) in [6.45, 7) is 7.99. The Kier molecular flexibility index (Phi) is 6.17. The summed E-state index contributed by atoms with van der Waals surface area (Å²) in [6, 6.07) is 14.0. The maximum atomic E-state index is 8.02. The first-order chi connectivity index (χ1) is 14.1. The minimum Gasteiger partial charge on any atom is -0.399 e. The Bertz CT molecular complexity index is 1040. The van der Waals surface area contributed by atoms with Gasteiger partial charge in [0, 0.05) is 28.8 Å². The average molecular weight is 388 g/mol. The molecule has 5 nitrogen and oxygen atoms in total. The highest BCUT2D eigenvalue weighted by molar-refractivity contribution is 6.02. The van der Waals surface area contributed by atoms with Crippen LogP contribution in [0, 0.1) is 12.3 Å². The topological polar surface area (TPSA) is 79.7 Å². The van der Waals surface area contributed by atoms with Crippen molar-refractivity contribution < 1.29 is 0 Å². The van der Waals surface area contributed by atoms with E-state index in [9.17, 15) is 0 Å². The second-order valence-electron chi connectivity index (χ2n) is 6.81. The van der Waals surface area contributed by atoms with Crippen LogP contribution in [0.3, 0.4) is 0 Å². The number of allylic oxidation sites excluding steroid dienone is 1. The van der Waals surface area contributed by atoms with Crippen molar-refractivity contribution in [1.82, 2.24) is 9.55 Å². The largest absolute Gasteiger partial charge is 0.399 e. The van der Waals surface area contributed by atoms with Crippen molar-refractivity contribution in [2.24, 2.45) is 0 Å². The summed E-state index contributed by atoms with van der Waals surface area (Å²) in [7, 11) is 0. The zero-order chi connectivity index (χ0) is 21.0. The monoisotopic (exact) mass is 387 g/mol. The lowest BCUT2D eigenvalue weighted by Gasteiger charge is -2.12. The standard InChI is InChI=1S/C22H23N5.C2H6/c1-3-12-27-14(2)25-21(15-4-7-17(23)8-5-15)22(27)26-18-9-10-19-16(13-18)6-11-20(19)24;1-2/h3-5,7-10,12-13,24,26H,6,11,23H2,1-2H3;1-2H3/b12-3-,24-20?;. The first kappa shape index (κ1) is 20.4. The minimum absolute atomic E-state index is 0.730. The Morgan fingerprint density at radius 3 is 2.52 bits per heavy atom. The highest BCUT2D eigenvalue weighted by Gasteiger charge is 2.19. The Morgan fingerprint density at radius 2 is 1.83 bits per heavy atom. The first-order valence-electron chi connectivity index (χ1n) is 10.1. The molecule has 4 rings (SSSR count). The van der Waals surface area contributed by atoms with Gasteiger partial charge in [0.05, 0.1) is 0 Å². The van der Waals surface area contributed by atoms with Crippen LogP contribution in [-0.2, 0) is 6.42 Å². The van der Waals surface area contributed by atoms with Crippen LogP contribution in [-0.4, -0.2) is 15.3 Å². The van der Waals surface area contributed by atoms with Crippen LogP contribution in [0.2, 0.25) is 0 Å². The number of nitrogens with two attached hydrogens (primary N) is 1. The fraction of sp³-hybridized carbons (Fsp3) is 0.250. The van der Waals surface area contributed by atoms with E-state index in [4.69, 9.17) is 16.1 Å². The number of hydrogen-bond acceptors (Lipinski definition) is 4. The van der Waals surface area contributed by atoms with Crippen molar-refractivity contribution in [3.8, 4) is 11.3 Å². The Morgan fingerprint density at radius 1 is 1.10 bits per heavy atom. The number of nitrogens with one attached hydrogen (secondary N) is 2. The van der Waals surface area contributed by atoms with Crippen molar-refractivity contribution in [1.29, 1.82) is 5.41 Å². The van der Waals surface area contributed by atoms with E-state index in [0.717, 1.165) is 58.4 Å². The van der Waals surface area contributed by atoms with Gasteiger partial charge in [-0.25, -0.2) is 4.98 Å². The number of nitrogens with zero attached hydrogens (tertiary/aromatic N) is 2. The molecule has 0 amide bonds. The Hall–Kier alpha value is -3.34. The van der Waals surface area contributed by atoms with Crippen molar-refractivity contribution in [2.75, 3.05) is 11.1 Å². The molecule has 1 aromatic heterocycles. The molecule has 3 aromatic rings. The van der Waals surface area contributed by atoms with Gasteiger partial charge in [0.25, 0.3) is 0 Å². The molecular weight excluding hydrogens is 358 g/mol. The van der Waals surface area contributed by atoms with E-state index in [0.29, 0.717) is 0 Å². The minimum atomic E-state index is 0.730. The van der Waals surface area contributed by atoms with Crippen LogP contribution in [0.5, 0.6) is 0 Å². The third-order valence-electron chi connectivity index (χ3n) is 4.91. The second-order valence-corrected chi connectivity index (χ2v) is 6.81. The maximum absolute atomic E-state index is 8.02. The molecule has 0 atom stereocenters. The Labute approximate surface area is 172 Å². The predicted octanol–water partition coefficient (Wildman–Crippen LogP) is 6.02. The number of aryl methyl sites for hydroxylation is 2. The highest BCUT2D eigenvalue weighted by Crippen LogP contribution is 2.33. The van der Waals surface area contributed by atoms with E-state index in [1.54, 1.807) is 0 Å². The van der Waals surface area contributed by atoms with E-state index in [1.165, 1.54) is 5.56 Å². The lowest BCUT2D eigenvalue weighted by atomic mass is 10.1. The smallest absolute Gasteiger partial charge is 0.143 e. The molecule has 1 heterocycles. The number of anilines is 3. The predicted molar refractivity (Wildman–Crippen MR) is 124 cm³/mol. The average Bonchev–Trinajstić information content (AvgIpc) is 3.25. The van der Waals surface area contributed by atoms with Crippen LogP contribution < -0.4 is 11.1 Å². The lowest BCUT2D eigenvalue weighted by molar-refractivity contribution is 1.03. The fourth-order valence-electron chi connectivity index (χ4n) is 3.54. The fourth-order valence-corrected chi connectivity index (χ4v) is 3.54. The molecule has 29 heavy (non-hydrogen) atoms. The molecule has 4 N–H and O–H groups in total. The number of rotatable bonds is 4. The zero-order valence-corrected chi connectivity index (χ0v) is 17.6. The summed E-state index contributed by atoms with van der Waals surface area (Å²) in [5.41, 5.74) is 12.5. The van der Waals surface area contributed by atoms with Crippen molar-refractivity contribution >= 4 is 29.1 Å². The van der Waals surface area contributed by atoms with Crippen LogP contribution in [0.25, 0.3) is 17.5 Å². The van der Waals surface area contributed by atoms with E-state index >= 15 is 0 Å². The summed E-state index contributed by atoms with van der Waals surface area (Å²) in [5.74, 6) is 1.83. The molecular formula is C24H29N5. The molecule has 5 heteroatoms. The number of fused-ring (bicyclic) bond motifs is 1. The summed E-state index contributed by atoms with van der Waals surface area (Å²) >= 11 is 0. The third kappa shape index (κ3) is 4.09. The number of nitrogen functional groups attached to an aromatic ring is 1. The van der Waals surface area contributed by atoms with Gasteiger partial charge in [-0.15, -0.1) is 0 Å². The second kappa shape index (κ2) is 8.78. The molecule has 1 aliphatic carbocycles. The van der Waals surface area contributed by atoms with Crippen LogP contribution in [0.1, 0.15) is 44.1 Å². The van der Waals surface area contributed by atoms with Crippen molar-refractivity contribution in [3.05, 3.63) is 65.5 Å². The molecule has 0 saturated carbocycles. The van der Waals surface area contributed by atoms with Gasteiger partial charge >= 0.3 is 0 Å². The molecule has 0 radical (unpaired) electrons. The number of hydrogen-bond donors (Lipinski definition) is 3. The number of benzene rings is 2. The van der Waals surface area contributed by atoms with E-state index in [2.05, 4.69) is 16.0 Å². The third-order valence-corrected chi connectivity index (χ3v) is 4.91. The van der Waals surface area contributed by atoms with Gasteiger partial charge in [-0.05, 0) is 62.1 Å². The first-order valence-corrected chi connectivity index (χ1v) is 10.1. The van der Waals surface area contributed by atoms with Crippen LogP contribution in [0.4, 0.5) is 17.2 Å². The molecule has 2 aromatic carbocycles. The SMILES string of the molecule is C/C=C\n1c(C)nc(-c2ccc(N)cc2)c1Nc1ccc2c(c1)CCC2=N.CC. The molecule has 0 fully saturated rings. The summed E-state index contributed by atoms with van der Waals surface area (Å²) < 4.78 is 2.06.